The predicted molar refractivity (Wildman–Crippen MR) is 97.6 cm³/mol. The van der Waals surface area contributed by atoms with Crippen molar-refractivity contribution in [1.82, 2.24) is 9.97 Å². The van der Waals surface area contributed by atoms with Crippen LogP contribution < -0.4 is 11.5 Å². The number of anilines is 2. The van der Waals surface area contributed by atoms with Crippen molar-refractivity contribution in [3.63, 3.8) is 0 Å². The van der Waals surface area contributed by atoms with E-state index in [0.29, 0.717) is 11.4 Å². The maximum Gasteiger partial charge on any atom is 0.163 e. The monoisotopic (exact) mass is 310 g/mol. The Balaban J connectivity index is 2.12. The molecule has 4 nitrogen and oxygen atoms in total. The lowest BCUT2D eigenvalue weighted by atomic mass is 10.0. The van der Waals surface area contributed by atoms with Crippen molar-refractivity contribution in [3.05, 3.63) is 59.7 Å². The largest absolute Gasteiger partial charge is 0.383 e. The summed E-state index contributed by atoms with van der Waals surface area (Å²) in [7, 11) is 0. The van der Waals surface area contributed by atoms with Gasteiger partial charge in [-0.25, -0.2) is 9.97 Å². The van der Waals surface area contributed by atoms with Gasteiger partial charge in [-0.05, 0) is 29.8 Å². The van der Waals surface area contributed by atoms with Gasteiger partial charge in [0, 0.05) is 16.7 Å². The van der Waals surface area contributed by atoms with E-state index in [1.807, 2.05) is 48.5 Å². The molecule has 0 bridgehead atoms. The van der Waals surface area contributed by atoms with E-state index in [2.05, 4.69) is 21.8 Å². The number of benzene rings is 2. The van der Waals surface area contributed by atoms with Gasteiger partial charge in [-0.2, -0.15) is 0 Å². The van der Waals surface area contributed by atoms with E-state index in [-0.39, 0.29) is 11.6 Å². The Morgan fingerprint density at radius 2 is 1.25 bits per heavy atom. The van der Waals surface area contributed by atoms with Crippen molar-refractivity contribution in [2.75, 3.05) is 11.5 Å². The molecular weight excluding hydrogens is 296 g/mol. The van der Waals surface area contributed by atoms with Crippen molar-refractivity contribution >= 4 is 11.6 Å². The number of nitrogens with two attached hydrogens (primary N) is 2. The second-order valence-corrected chi connectivity index (χ2v) is 5.14. The molecule has 0 amide bonds. The summed E-state index contributed by atoms with van der Waals surface area (Å²) in [4.78, 5) is 8.76. The molecule has 24 heavy (non-hydrogen) atoms. The van der Waals surface area contributed by atoms with Crippen molar-refractivity contribution < 1.29 is 0 Å². The Morgan fingerprint density at radius 1 is 0.750 bits per heavy atom. The molecule has 1 heterocycles. The van der Waals surface area contributed by atoms with Gasteiger partial charge in [0.05, 0.1) is 5.56 Å². The van der Waals surface area contributed by atoms with Crippen LogP contribution in [0.15, 0.2) is 48.5 Å². The van der Waals surface area contributed by atoms with Crippen LogP contribution in [0.25, 0.3) is 22.5 Å². The summed E-state index contributed by atoms with van der Waals surface area (Å²) in [5, 5.41) is 0. The van der Waals surface area contributed by atoms with Crippen molar-refractivity contribution in [1.29, 1.82) is 0 Å². The molecule has 0 saturated heterocycles. The van der Waals surface area contributed by atoms with Gasteiger partial charge in [0.25, 0.3) is 0 Å². The van der Waals surface area contributed by atoms with E-state index in [1.165, 1.54) is 0 Å². The highest BCUT2D eigenvalue weighted by Gasteiger charge is 2.14. The Morgan fingerprint density at radius 3 is 1.79 bits per heavy atom. The lowest BCUT2D eigenvalue weighted by Crippen LogP contribution is -2.04. The molecule has 0 spiro atoms. The molecule has 114 valence electrons. The molecule has 0 unspecified atom stereocenters. The summed E-state index contributed by atoms with van der Waals surface area (Å²) in [6.45, 7) is 0. The molecule has 0 aliphatic carbocycles. The summed E-state index contributed by atoms with van der Waals surface area (Å²) in [5.41, 5.74) is 15.8. The lowest BCUT2D eigenvalue weighted by Gasteiger charge is -2.11. The summed E-state index contributed by atoms with van der Waals surface area (Å²) < 4.78 is 0. The van der Waals surface area contributed by atoms with Gasteiger partial charge in [0.1, 0.15) is 11.6 Å². The van der Waals surface area contributed by atoms with Gasteiger partial charge in [0.15, 0.2) is 5.82 Å². The second-order valence-electron chi connectivity index (χ2n) is 5.14. The average molecular weight is 310 g/mol. The third kappa shape index (κ3) is 2.77. The van der Waals surface area contributed by atoms with E-state index in [0.717, 1.165) is 22.3 Å². The first-order chi connectivity index (χ1) is 11.6. The van der Waals surface area contributed by atoms with Gasteiger partial charge in [-0.15, -0.1) is 12.8 Å². The standard InChI is InChI=1S/C20H14N4/c1-3-13-7-5-9-15(11-13)17-18(21)23-20(24-19(17)22)16-10-6-8-14(4-2)12-16/h1-2,5-12H,(H4,21,22,23,24). The summed E-state index contributed by atoms with van der Waals surface area (Å²) in [5.74, 6) is 6.17. The van der Waals surface area contributed by atoms with E-state index >= 15 is 0 Å². The minimum atomic E-state index is 0.290. The van der Waals surface area contributed by atoms with Gasteiger partial charge >= 0.3 is 0 Å². The molecule has 3 rings (SSSR count). The molecule has 0 aliphatic rings. The van der Waals surface area contributed by atoms with Crippen LogP contribution in [-0.2, 0) is 0 Å². The number of hydrogen-bond acceptors (Lipinski definition) is 4. The number of nitrogens with zero attached hydrogens (tertiary/aromatic N) is 2. The zero-order valence-corrected chi connectivity index (χ0v) is 12.8. The minimum Gasteiger partial charge on any atom is -0.383 e. The molecule has 4 heteroatoms. The molecule has 3 aromatic rings. The molecule has 0 atom stereocenters. The van der Waals surface area contributed by atoms with E-state index in [1.54, 1.807) is 0 Å². The van der Waals surface area contributed by atoms with E-state index in [4.69, 9.17) is 24.3 Å². The molecule has 0 saturated carbocycles. The van der Waals surface area contributed by atoms with Crippen LogP contribution in [-0.4, -0.2) is 9.97 Å². The van der Waals surface area contributed by atoms with Crippen LogP contribution in [0.5, 0.6) is 0 Å². The fourth-order valence-corrected chi connectivity index (χ4v) is 2.43. The fraction of sp³-hybridized carbons (Fsp3) is 0. The maximum absolute atomic E-state index is 6.13. The summed E-state index contributed by atoms with van der Waals surface area (Å²) >= 11 is 0. The Hall–Kier alpha value is -3.76. The van der Waals surface area contributed by atoms with Crippen LogP contribution in [0.3, 0.4) is 0 Å². The van der Waals surface area contributed by atoms with E-state index < -0.39 is 0 Å². The SMILES string of the molecule is C#Cc1cccc(-c2nc(N)c(-c3cccc(C#C)c3)c(N)n2)c1. The third-order valence-corrected chi connectivity index (χ3v) is 3.57. The lowest BCUT2D eigenvalue weighted by molar-refractivity contribution is 1.19. The number of terminal acetylenes is 2. The quantitative estimate of drug-likeness (QED) is 0.713. The number of aromatic nitrogens is 2. The van der Waals surface area contributed by atoms with Gasteiger partial charge in [-0.3, -0.25) is 0 Å². The second kappa shape index (κ2) is 6.16. The van der Waals surface area contributed by atoms with Crippen LogP contribution in [0.4, 0.5) is 11.6 Å². The molecule has 0 aliphatic heterocycles. The van der Waals surface area contributed by atoms with Crippen LogP contribution in [0.1, 0.15) is 11.1 Å². The fourth-order valence-electron chi connectivity index (χ4n) is 2.43. The highest BCUT2D eigenvalue weighted by atomic mass is 15.0. The normalized spacial score (nSPS) is 9.92. The zero-order valence-electron chi connectivity index (χ0n) is 12.8. The highest BCUT2D eigenvalue weighted by Crippen LogP contribution is 2.32. The first kappa shape index (κ1) is 15.1. The van der Waals surface area contributed by atoms with Gasteiger partial charge in [-0.1, -0.05) is 36.1 Å². The average Bonchev–Trinajstić information content (AvgIpc) is 2.61. The highest BCUT2D eigenvalue weighted by molar-refractivity contribution is 5.84. The van der Waals surface area contributed by atoms with Gasteiger partial charge < -0.3 is 11.5 Å². The van der Waals surface area contributed by atoms with E-state index in [9.17, 15) is 0 Å². The summed E-state index contributed by atoms with van der Waals surface area (Å²) in [6.07, 6.45) is 10.9. The Bertz CT molecular complexity index is 984. The molecule has 4 N–H and O–H groups in total. The van der Waals surface area contributed by atoms with Crippen LogP contribution in [0.2, 0.25) is 0 Å². The molecule has 2 aromatic carbocycles. The Kier molecular flexibility index (Phi) is 3.89. The molecule has 1 aromatic heterocycles. The first-order valence-electron chi connectivity index (χ1n) is 7.19. The molecular formula is C20H14N4. The topological polar surface area (TPSA) is 77.8 Å². The van der Waals surface area contributed by atoms with Crippen molar-refractivity contribution in [3.8, 4) is 47.2 Å². The smallest absolute Gasteiger partial charge is 0.163 e. The first-order valence-corrected chi connectivity index (χ1v) is 7.19. The third-order valence-electron chi connectivity index (χ3n) is 3.57. The predicted octanol–water partition coefficient (Wildman–Crippen LogP) is 2.94. The van der Waals surface area contributed by atoms with Crippen molar-refractivity contribution in [2.24, 2.45) is 0 Å². The summed E-state index contributed by atoms with van der Waals surface area (Å²) in [6, 6.07) is 14.7. The number of hydrogen-bond donors (Lipinski definition) is 2. The van der Waals surface area contributed by atoms with Crippen LogP contribution >= 0.6 is 0 Å². The Labute approximate surface area is 140 Å². The molecule has 0 fully saturated rings. The minimum absolute atomic E-state index is 0.290. The van der Waals surface area contributed by atoms with Crippen LogP contribution in [0, 0.1) is 24.7 Å². The van der Waals surface area contributed by atoms with Gasteiger partial charge in [0.2, 0.25) is 0 Å². The maximum atomic E-state index is 6.13. The van der Waals surface area contributed by atoms with Crippen molar-refractivity contribution in [2.45, 2.75) is 0 Å². The number of rotatable bonds is 2. The molecule has 0 radical (unpaired) electrons. The zero-order chi connectivity index (χ0) is 17.1. The number of nitrogen functional groups attached to an aromatic ring is 2.